The highest BCUT2D eigenvalue weighted by atomic mass is 35.5. The summed E-state index contributed by atoms with van der Waals surface area (Å²) in [4.78, 5) is 0. The number of ether oxygens (including phenoxy) is 1. The molecular weight excluding hydrogens is 305 g/mol. The Morgan fingerprint density at radius 3 is 2.33 bits per heavy atom. The van der Waals surface area contributed by atoms with Gasteiger partial charge in [0.05, 0.1) is 22.2 Å². The number of hydrogen-bond acceptors (Lipinski definition) is 3. The van der Waals surface area contributed by atoms with Crippen LogP contribution in [-0.2, 0) is 6.18 Å². The van der Waals surface area contributed by atoms with E-state index in [9.17, 15) is 13.2 Å². The van der Waals surface area contributed by atoms with E-state index in [1.54, 1.807) is 6.07 Å². The van der Waals surface area contributed by atoms with E-state index in [1.807, 2.05) is 0 Å². The van der Waals surface area contributed by atoms with Gasteiger partial charge in [0.1, 0.15) is 11.5 Å². The van der Waals surface area contributed by atoms with Gasteiger partial charge in [-0.1, -0.05) is 11.6 Å². The monoisotopic (exact) mass is 312 g/mol. The van der Waals surface area contributed by atoms with E-state index in [1.165, 1.54) is 24.3 Å². The Bertz CT molecular complexity index is 723. The highest BCUT2D eigenvalue weighted by Crippen LogP contribution is 2.40. The van der Waals surface area contributed by atoms with Gasteiger partial charge < -0.3 is 10.5 Å². The molecule has 2 N–H and O–H groups in total. The average Bonchev–Trinajstić information content (AvgIpc) is 2.41. The molecule has 3 nitrogen and oxygen atoms in total. The number of nitriles is 1. The molecule has 0 fully saturated rings. The zero-order valence-corrected chi connectivity index (χ0v) is 11.2. The maximum absolute atomic E-state index is 13.0. The summed E-state index contributed by atoms with van der Waals surface area (Å²) >= 11 is 5.87. The number of hydrogen-bond donors (Lipinski definition) is 1. The minimum absolute atomic E-state index is 0.0427. The Balaban J connectivity index is 2.47. The summed E-state index contributed by atoms with van der Waals surface area (Å²) in [7, 11) is 0. The first-order valence-corrected chi connectivity index (χ1v) is 6.03. The molecule has 0 aliphatic rings. The molecule has 0 saturated heterocycles. The third-order valence-electron chi connectivity index (χ3n) is 2.59. The molecule has 0 atom stereocenters. The van der Waals surface area contributed by atoms with E-state index in [4.69, 9.17) is 27.3 Å². The number of nitrogen functional groups attached to an aromatic ring is 1. The highest BCUT2D eigenvalue weighted by molar-refractivity contribution is 6.32. The van der Waals surface area contributed by atoms with Gasteiger partial charge in [0.25, 0.3) is 0 Å². The van der Waals surface area contributed by atoms with Crippen LogP contribution in [0, 0.1) is 11.3 Å². The zero-order valence-electron chi connectivity index (χ0n) is 10.4. The molecule has 0 aromatic heterocycles. The smallest absolute Gasteiger partial charge is 0.420 e. The van der Waals surface area contributed by atoms with Gasteiger partial charge in [-0.3, -0.25) is 0 Å². The number of halogens is 4. The number of benzene rings is 2. The van der Waals surface area contributed by atoms with Crippen LogP contribution in [0.5, 0.6) is 11.5 Å². The van der Waals surface area contributed by atoms with Crippen LogP contribution in [0.1, 0.15) is 11.1 Å². The zero-order chi connectivity index (χ0) is 15.6. The quantitative estimate of drug-likeness (QED) is 0.824. The van der Waals surface area contributed by atoms with Crippen molar-refractivity contribution < 1.29 is 17.9 Å². The summed E-state index contributed by atoms with van der Waals surface area (Å²) < 4.78 is 44.2. The van der Waals surface area contributed by atoms with Crippen molar-refractivity contribution in [2.75, 3.05) is 5.73 Å². The third-order valence-corrected chi connectivity index (χ3v) is 2.89. The minimum Gasteiger partial charge on any atom is -0.455 e. The number of alkyl halides is 3. The molecule has 108 valence electrons. The first kappa shape index (κ1) is 15.0. The molecule has 0 saturated carbocycles. The van der Waals surface area contributed by atoms with Crippen LogP contribution in [0.2, 0.25) is 5.02 Å². The average molecular weight is 313 g/mol. The van der Waals surface area contributed by atoms with Gasteiger partial charge >= 0.3 is 6.18 Å². The minimum atomic E-state index is -4.65. The van der Waals surface area contributed by atoms with Gasteiger partial charge in [-0.25, -0.2) is 0 Å². The van der Waals surface area contributed by atoms with E-state index >= 15 is 0 Å². The van der Waals surface area contributed by atoms with Crippen LogP contribution >= 0.6 is 11.6 Å². The van der Waals surface area contributed by atoms with Gasteiger partial charge in [0, 0.05) is 5.69 Å². The van der Waals surface area contributed by atoms with E-state index in [0.717, 1.165) is 12.1 Å². The predicted octanol–water partition coefficient (Wildman–Crippen LogP) is 4.60. The number of anilines is 1. The molecule has 21 heavy (non-hydrogen) atoms. The second kappa shape index (κ2) is 5.54. The Morgan fingerprint density at radius 1 is 1.10 bits per heavy atom. The Hall–Kier alpha value is -2.39. The van der Waals surface area contributed by atoms with Gasteiger partial charge in [-0.15, -0.1) is 0 Å². The molecule has 2 aromatic rings. The maximum Gasteiger partial charge on any atom is 0.420 e. The predicted molar refractivity (Wildman–Crippen MR) is 72.1 cm³/mol. The lowest BCUT2D eigenvalue weighted by Gasteiger charge is -2.14. The highest BCUT2D eigenvalue weighted by Gasteiger charge is 2.35. The van der Waals surface area contributed by atoms with Crippen LogP contribution in [0.4, 0.5) is 18.9 Å². The van der Waals surface area contributed by atoms with Crippen molar-refractivity contribution in [3.05, 3.63) is 52.5 Å². The molecule has 0 bridgehead atoms. The van der Waals surface area contributed by atoms with Crippen LogP contribution in [0.25, 0.3) is 0 Å². The molecule has 0 unspecified atom stereocenters. The fourth-order valence-corrected chi connectivity index (χ4v) is 1.86. The topological polar surface area (TPSA) is 59.0 Å². The SMILES string of the molecule is N#Cc1ccc(Oc2ccc(N)cc2Cl)c(C(F)(F)F)c1. The summed E-state index contributed by atoms with van der Waals surface area (Å²) in [5.74, 6) is -0.394. The third kappa shape index (κ3) is 3.38. The van der Waals surface area contributed by atoms with Crippen molar-refractivity contribution in [3.8, 4) is 17.6 Å². The van der Waals surface area contributed by atoms with Gasteiger partial charge in [0.2, 0.25) is 0 Å². The van der Waals surface area contributed by atoms with Gasteiger partial charge in [0.15, 0.2) is 0 Å². The molecule has 2 rings (SSSR count). The fraction of sp³-hybridized carbons (Fsp3) is 0.0714. The van der Waals surface area contributed by atoms with Crippen molar-refractivity contribution in [2.24, 2.45) is 0 Å². The lowest BCUT2D eigenvalue weighted by atomic mass is 10.1. The lowest BCUT2D eigenvalue weighted by molar-refractivity contribution is -0.138. The molecule has 7 heteroatoms. The fourth-order valence-electron chi connectivity index (χ4n) is 1.63. The Labute approximate surface area is 123 Å². The summed E-state index contributed by atoms with van der Waals surface area (Å²) in [5.41, 5.74) is 4.71. The van der Waals surface area contributed by atoms with Crippen molar-refractivity contribution in [3.63, 3.8) is 0 Å². The van der Waals surface area contributed by atoms with Gasteiger partial charge in [-0.05, 0) is 36.4 Å². The lowest BCUT2D eigenvalue weighted by Crippen LogP contribution is -2.07. The van der Waals surface area contributed by atoms with Gasteiger partial charge in [-0.2, -0.15) is 18.4 Å². The van der Waals surface area contributed by atoms with Crippen LogP contribution in [0.15, 0.2) is 36.4 Å². The van der Waals surface area contributed by atoms with Crippen LogP contribution in [-0.4, -0.2) is 0 Å². The summed E-state index contributed by atoms with van der Waals surface area (Å²) in [6.45, 7) is 0. The second-order valence-electron chi connectivity index (χ2n) is 4.11. The second-order valence-corrected chi connectivity index (χ2v) is 4.52. The molecule has 0 aliphatic carbocycles. The molecule has 0 spiro atoms. The first-order chi connectivity index (χ1) is 9.81. The van der Waals surface area contributed by atoms with Crippen molar-refractivity contribution in [1.82, 2.24) is 0 Å². The molecule has 2 aromatic carbocycles. The Morgan fingerprint density at radius 2 is 1.76 bits per heavy atom. The molecular formula is C14H8ClF3N2O. The van der Waals surface area contributed by atoms with E-state index in [2.05, 4.69) is 0 Å². The Kier molecular flexibility index (Phi) is 3.96. The first-order valence-electron chi connectivity index (χ1n) is 5.65. The van der Waals surface area contributed by atoms with E-state index in [-0.39, 0.29) is 16.3 Å². The summed E-state index contributed by atoms with van der Waals surface area (Å²) in [6.07, 6.45) is -4.65. The number of nitrogens with two attached hydrogens (primary N) is 1. The van der Waals surface area contributed by atoms with E-state index in [0.29, 0.717) is 5.69 Å². The van der Waals surface area contributed by atoms with Crippen molar-refractivity contribution in [1.29, 1.82) is 5.26 Å². The molecule has 0 aliphatic heterocycles. The van der Waals surface area contributed by atoms with E-state index < -0.39 is 17.5 Å². The normalized spacial score (nSPS) is 11.0. The molecule has 0 heterocycles. The maximum atomic E-state index is 13.0. The van der Waals surface area contributed by atoms with Crippen LogP contribution in [0.3, 0.4) is 0 Å². The number of nitrogens with zero attached hydrogens (tertiary/aromatic N) is 1. The number of rotatable bonds is 2. The largest absolute Gasteiger partial charge is 0.455 e. The molecule has 0 radical (unpaired) electrons. The van der Waals surface area contributed by atoms with Crippen LogP contribution < -0.4 is 10.5 Å². The summed E-state index contributed by atoms with van der Waals surface area (Å²) in [6, 6.07) is 8.88. The summed E-state index contributed by atoms with van der Waals surface area (Å²) in [5, 5.41) is 8.78. The standard InChI is InChI=1S/C14H8ClF3N2O/c15-11-6-9(20)2-4-13(11)21-12-3-1-8(7-19)5-10(12)14(16,17)18/h1-6H,20H2. The molecule has 0 amide bonds. The van der Waals surface area contributed by atoms with Crippen molar-refractivity contribution >= 4 is 17.3 Å². The van der Waals surface area contributed by atoms with Crippen molar-refractivity contribution in [2.45, 2.75) is 6.18 Å².